The van der Waals surface area contributed by atoms with Crippen LogP contribution in [0.1, 0.15) is 20.3 Å². The van der Waals surface area contributed by atoms with Gasteiger partial charge in [0, 0.05) is 25.2 Å². The van der Waals surface area contributed by atoms with Crippen LogP contribution < -0.4 is 5.32 Å². The van der Waals surface area contributed by atoms with Crippen molar-refractivity contribution in [3.8, 4) is 0 Å². The molecule has 0 aromatic carbocycles. The molecule has 0 aliphatic heterocycles. The second kappa shape index (κ2) is 6.40. The highest BCUT2D eigenvalue weighted by molar-refractivity contribution is 4.69. The maximum atomic E-state index is 8.76. The van der Waals surface area contributed by atoms with Crippen molar-refractivity contribution in [1.29, 1.82) is 0 Å². The molecular weight excluding hydrogens is 152 g/mol. The fourth-order valence-corrected chi connectivity index (χ4v) is 1.04. The Balaban J connectivity index is 3.68. The van der Waals surface area contributed by atoms with Crippen molar-refractivity contribution in [2.45, 2.75) is 32.4 Å². The van der Waals surface area contributed by atoms with E-state index in [1.807, 2.05) is 7.05 Å². The van der Waals surface area contributed by atoms with Gasteiger partial charge in [0.25, 0.3) is 0 Å². The van der Waals surface area contributed by atoms with Crippen molar-refractivity contribution in [2.24, 2.45) is 0 Å². The Bertz CT molecular complexity index is 107. The van der Waals surface area contributed by atoms with Crippen LogP contribution in [0.5, 0.6) is 0 Å². The largest absolute Gasteiger partial charge is 0.396 e. The fourth-order valence-electron chi connectivity index (χ4n) is 1.04. The molecule has 0 heterocycles. The molecule has 0 radical (unpaired) electrons. The Morgan fingerprint density at radius 3 is 2.33 bits per heavy atom. The number of hydrogen-bond donors (Lipinski definition) is 2. The summed E-state index contributed by atoms with van der Waals surface area (Å²) in [5.74, 6) is 0. The van der Waals surface area contributed by atoms with Gasteiger partial charge in [-0.05, 0) is 34.4 Å². The molecule has 0 aromatic rings. The molecule has 74 valence electrons. The minimum absolute atomic E-state index is 0.261. The first-order valence-corrected chi connectivity index (χ1v) is 4.60. The molecule has 0 fully saturated rings. The number of aliphatic hydroxyl groups is 1. The van der Waals surface area contributed by atoms with E-state index in [1.54, 1.807) is 0 Å². The maximum Gasteiger partial charge on any atom is 0.0446 e. The van der Waals surface area contributed by atoms with E-state index >= 15 is 0 Å². The minimum Gasteiger partial charge on any atom is -0.396 e. The third-order valence-electron chi connectivity index (χ3n) is 2.28. The fraction of sp³-hybridized carbons (Fsp3) is 1.00. The first kappa shape index (κ1) is 11.9. The summed E-state index contributed by atoms with van der Waals surface area (Å²) < 4.78 is 0. The normalized spacial score (nSPS) is 14.2. The molecular formula is C9H22N2O. The third-order valence-corrected chi connectivity index (χ3v) is 2.28. The molecule has 0 spiro atoms. The zero-order valence-corrected chi connectivity index (χ0v) is 8.67. The molecule has 1 unspecified atom stereocenters. The molecule has 0 aliphatic rings. The molecule has 0 aromatic heterocycles. The van der Waals surface area contributed by atoms with Crippen LogP contribution in [-0.2, 0) is 0 Å². The van der Waals surface area contributed by atoms with Crippen molar-refractivity contribution in [3.63, 3.8) is 0 Å². The summed E-state index contributed by atoms with van der Waals surface area (Å²) in [7, 11) is 4.04. The summed E-state index contributed by atoms with van der Waals surface area (Å²) in [4.78, 5) is 2.27. The Labute approximate surface area is 75.8 Å². The van der Waals surface area contributed by atoms with E-state index in [9.17, 15) is 0 Å². The molecule has 1 atom stereocenters. The first-order chi connectivity index (χ1) is 5.61. The van der Waals surface area contributed by atoms with Gasteiger partial charge in [-0.2, -0.15) is 0 Å². The van der Waals surface area contributed by atoms with Gasteiger partial charge in [-0.3, -0.25) is 0 Å². The summed E-state index contributed by atoms with van der Waals surface area (Å²) in [6.07, 6.45) is 0.827. The van der Waals surface area contributed by atoms with Crippen LogP contribution in [-0.4, -0.2) is 49.3 Å². The van der Waals surface area contributed by atoms with E-state index in [0.29, 0.717) is 12.1 Å². The molecule has 2 N–H and O–H groups in total. The number of aliphatic hydroxyl groups excluding tert-OH is 1. The highest BCUT2D eigenvalue weighted by Gasteiger charge is 2.10. The van der Waals surface area contributed by atoms with Crippen molar-refractivity contribution in [3.05, 3.63) is 0 Å². The van der Waals surface area contributed by atoms with E-state index in [1.165, 1.54) is 0 Å². The molecule has 3 nitrogen and oxygen atoms in total. The number of hydrogen-bond acceptors (Lipinski definition) is 3. The lowest BCUT2D eigenvalue weighted by atomic mass is 10.2. The first-order valence-electron chi connectivity index (χ1n) is 4.60. The molecule has 0 amide bonds. The molecule has 12 heavy (non-hydrogen) atoms. The Hall–Kier alpha value is -0.120. The third kappa shape index (κ3) is 4.70. The number of nitrogens with one attached hydrogen (secondary N) is 1. The molecule has 0 saturated heterocycles. The van der Waals surface area contributed by atoms with Gasteiger partial charge in [-0.1, -0.05) is 0 Å². The molecule has 0 rings (SSSR count). The molecule has 3 heteroatoms. The van der Waals surface area contributed by atoms with Gasteiger partial charge in [-0.25, -0.2) is 0 Å². The predicted molar refractivity (Wildman–Crippen MR) is 52.3 cm³/mol. The van der Waals surface area contributed by atoms with Crippen molar-refractivity contribution in [1.82, 2.24) is 10.2 Å². The minimum atomic E-state index is 0.261. The van der Waals surface area contributed by atoms with E-state index in [4.69, 9.17) is 5.11 Å². The summed E-state index contributed by atoms with van der Waals surface area (Å²) >= 11 is 0. The number of nitrogens with zero attached hydrogens (tertiary/aromatic N) is 1. The van der Waals surface area contributed by atoms with Crippen LogP contribution in [0, 0.1) is 0 Å². The van der Waals surface area contributed by atoms with E-state index in [-0.39, 0.29) is 6.61 Å². The predicted octanol–water partition coefficient (Wildman–Crippen LogP) is 0.297. The van der Waals surface area contributed by atoms with Gasteiger partial charge >= 0.3 is 0 Å². The average molecular weight is 174 g/mol. The lowest BCUT2D eigenvalue weighted by Crippen LogP contribution is -2.40. The SMILES string of the molecule is CNC(CCO)CN(C)C(C)C. The van der Waals surface area contributed by atoms with E-state index < -0.39 is 0 Å². The zero-order valence-electron chi connectivity index (χ0n) is 8.67. The van der Waals surface area contributed by atoms with Crippen LogP contribution in [0.2, 0.25) is 0 Å². The number of likely N-dealkylation sites (N-methyl/N-ethyl adjacent to an activating group) is 2. The van der Waals surface area contributed by atoms with Crippen LogP contribution in [0.4, 0.5) is 0 Å². The van der Waals surface area contributed by atoms with Crippen LogP contribution in [0.15, 0.2) is 0 Å². The second-order valence-electron chi connectivity index (χ2n) is 3.53. The smallest absolute Gasteiger partial charge is 0.0446 e. The van der Waals surface area contributed by atoms with Gasteiger partial charge in [0.05, 0.1) is 0 Å². The van der Waals surface area contributed by atoms with Gasteiger partial charge < -0.3 is 15.3 Å². The lowest BCUT2D eigenvalue weighted by molar-refractivity contribution is 0.211. The second-order valence-corrected chi connectivity index (χ2v) is 3.53. The monoisotopic (exact) mass is 174 g/mol. The average Bonchev–Trinajstić information content (AvgIpc) is 2.03. The Kier molecular flexibility index (Phi) is 6.34. The summed E-state index contributed by atoms with van der Waals surface area (Å²) in [5.41, 5.74) is 0. The van der Waals surface area contributed by atoms with Crippen molar-refractivity contribution in [2.75, 3.05) is 27.2 Å². The topological polar surface area (TPSA) is 35.5 Å². The quantitative estimate of drug-likeness (QED) is 0.608. The highest BCUT2D eigenvalue weighted by atomic mass is 16.3. The van der Waals surface area contributed by atoms with E-state index in [2.05, 4.69) is 31.1 Å². The standard InChI is InChI=1S/C9H22N2O/c1-8(2)11(4)7-9(10-3)5-6-12/h8-10,12H,5-7H2,1-4H3. The van der Waals surface area contributed by atoms with Crippen LogP contribution >= 0.6 is 0 Å². The molecule has 0 bridgehead atoms. The maximum absolute atomic E-state index is 8.76. The van der Waals surface area contributed by atoms with Gasteiger partial charge in [0.2, 0.25) is 0 Å². The van der Waals surface area contributed by atoms with Gasteiger partial charge in [0.15, 0.2) is 0 Å². The van der Waals surface area contributed by atoms with E-state index in [0.717, 1.165) is 13.0 Å². The van der Waals surface area contributed by atoms with Gasteiger partial charge in [-0.15, -0.1) is 0 Å². The molecule has 0 saturated carbocycles. The summed E-state index contributed by atoms with van der Waals surface area (Å²) in [6.45, 7) is 5.60. The van der Waals surface area contributed by atoms with Gasteiger partial charge in [0.1, 0.15) is 0 Å². The lowest BCUT2D eigenvalue weighted by Gasteiger charge is -2.26. The summed E-state index contributed by atoms with van der Waals surface area (Å²) in [5, 5.41) is 11.9. The molecule has 0 aliphatic carbocycles. The zero-order chi connectivity index (χ0) is 9.56. The Morgan fingerprint density at radius 1 is 1.42 bits per heavy atom. The number of rotatable bonds is 6. The van der Waals surface area contributed by atoms with Crippen LogP contribution in [0.3, 0.4) is 0 Å². The Morgan fingerprint density at radius 2 is 2.00 bits per heavy atom. The van der Waals surface area contributed by atoms with Crippen LogP contribution in [0.25, 0.3) is 0 Å². The highest BCUT2D eigenvalue weighted by Crippen LogP contribution is 1.98. The van der Waals surface area contributed by atoms with Crippen molar-refractivity contribution >= 4 is 0 Å². The van der Waals surface area contributed by atoms with Crippen molar-refractivity contribution < 1.29 is 5.11 Å². The summed E-state index contributed by atoms with van der Waals surface area (Å²) in [6, 6.07) is 0.974.